The third-order valence-electron chi connectivity index (χ3n) is 6.18. The van der Waals surface area contributed by atoms with E-state index in [1.54, 1.807) is 7.11 Å². The number of allylic oxidation sites excluding steroid dienone is 3. The van der Waals surface area contributed by atoms with Gasteiger partial charge in [-0.25, -0.2) is 0 Å². The van der Waals surface area contributed by atoms with Crippen molar-refractivity contribution in [3.05, 3.63) is 35.8 Å². The summed E-state index contributed by atoms with van der Waals surface area (Å²) in [6.45, 7) is 2.52. The molecule has 4 rings (SSSR count). The minimum Gasteiger partial charge on any atom is -0.493 e. The van der Waals surface area contributed by atoms with Gasteiger partial charge >= 0.3 is 5.97 Å². The van der Waals surface area contributed by atoms with Crippen LogP contribution in [0.1, 0.15) is 26.2 Å². The van der Waals surface area contributed by atoms with Gasteiger partial charge in [-0.15, -0.1) is 0 Å². The van der Waals surface area contributed by atoms with E-state index in [1.807, 2.05) is 12.2 Å². The smallest absolute Gasteiger partial charge is 0.303 e. The average molecular weight is 345 g/mol. The lowest BCUT2D eigenvalue weighted by atomic mass is 9.70. The zero-order valence-electron chi connectivity index (χ0n) is 15.2. The van der Waals surface area contributed by atoms with E-state index in [4.69, 9.17) is 14.2 Å². The van der Waals surface area contributed by atoms with E-state index < -0.39 is 0 Å². The molecule has 0 aromatic rings. The highest BCUT2D eigenvalue weighted by molar-refractivity contribution is 5.66. The molecule has 2 aliphatic carbocycles. The standard InChI is InChI=1S/C20H27NO4/c1-12(22)24-18-7-5-14-15-8-9-21(2)16(14)10-13-4-6-17(23-3)19(11-13)25-20(15)18/h4-7,13-16,18,20H,8-11H2,1-3H3/t13?,14-,15+,16-,18+,20-/m1/s1. The summed E-state index contributed by atoms with van der Waals surface area (Å²) in [5.41, 5.74) is 0. The number of piperidine rings is 1. The Morgan fingerprint density at radius 3 is 2.92 bits per heavy atom. The number of esters is 1. The van der Waals surface area contributed by atoms with Crippen molar-refractivity contribution >= 4 is 5.97 Å². The molecule has 0 radical (unpaired) electrons. The van der Waals surface area contributed by atoms with E-state index in [0.29, 0.717) is 23.8 Å². The number of hydrogen-bond acceptors (Lipinski definition) is 5. The monoisotopic (exact) mass is 345 g/mol. The summed E-state index contributed by atoms with van der Waals surface area (Å²) >= 11 is 0. The minimum absolute atomic E-state index is 0.138. The molecule has 2 aliphatic heterocycles. The highest BCUT2D eigenvalue weighted by atomic mass is 16.6. The predicted octanol–water partition coefficient (Wildman–Crippen LogP) is 2.65. The van der Waals surface area contributed by atoms with Crippen LogP contribution in [-0.2, 0) is 19.0 Å². The third kappa shape index (κ3) is 2.99. The number of fused-ring (bicyclic) bond motifs is 2. The molecule has 6 atom stereocenters. The molecule has 0 spiro atoms. The second kappa shape index (κ2) is 6.52. The summed E-state index contributed by atoms with van der Waals surface area (Å²) in [6.07, 6.45) is 11.2. The van der Waals surface area contributed by atoms with Gasteiger partial charge in [0.1, 0.15) is 11.9 Å². The fourth-order valence-corrected chi connectivity index (χ4v) is 4.97. The molecular weight excluding hydrogens is 318 g/mol. The Kier molecular flexibility index (Phi) is 4.36. The van der Waals surface area contributed by atoms with Gasteiger partial charge in [-0.3, -0.25) is 4.79 Å². The van der Waals surface area contributed by atoms with Gasteiger partial charge in [-0.1, -0.05) is 12.2 Å². The highest BCUT2D eigenvalue weighted by Crippen LogP contribution is 2.45. The van der Waals surface area contributed by atoms with Crippen molar-refractivity contribution in [1.82, 2.24) is 4.90 Å². The van der Waals surface area contributed by atoms with Crippen LogP contribution in [0.3, 0.4) is 0 Å². The van der Waals surface area contributed by atoms with Gasteiger partial charge in [-0.2, -0.15) is 0 Å². The number of rotatable bonds is 2. The molecule has 0 saturated carbocycles. The van der Waals surface area contributed by atoms with Gasteiger partial charge in [0.15, 0.2) is 11.9 Å². The fraction of sp³-hybridized carbons (Fsp3) is 0.650. The number of likely N-dealkylation sites (tertiary alicyclic amines) is 1. The molecule has 2 heterocycles. The van der Waals surface area contributed by atoms with E-state index >= 15 is 0 Å². The first-order chi connectivity index (χ1) is 12.1. The quantitative estimate of drug-likeness (QED) is 0.569. The molecule has 0 aromatic carbocycles. The molecule has 0 N–H and O–H groups in total. The Hall–Kier alpha value is -1.75. The third-order valence-corrected chi connectivity index (χ3v) is 6.18. The number of carbonyl (C=O) groups is 1. The molecule has 2 fully saturated rings. The van der Waals surface area contributed by atoms with Gasteiger partial charge in [0.2, 0.25) is 0 Å². The van der Waals surface area contributed by atoms with Crippen LogP contribution in [0.25, 0.3) is 0 Å². The van der Waals surface area contributed by atoms with E-state index in [-0.39, 0.29) is 18.2 Å². The molecule has 5 nitrogen and oxygen atoms in total. The SMILES string of the molecule is COC1=C2CC(C=C1)C[C@@H]1[C@@H]3C=C[C@H](OC(C)=O)[C@H](O2)[C@H]3CCN1C. The molecule has 1 unspecified atom stereocenters. The Morgan fingerprint density at radius 2 is 2.16 bits per heavy atom. The number of methoxy groups -OCH3 is 1. The summed E-state index contributed by atoms with van der Waals surface area (Å²) < 4.78 is 17.6. The van der Waals surface area contributed by atoms with Gasteiger partial charge in [0.05, 0.1) is 7.11 Å². The van der Waals surface area contributed by atoms with Gasteiger partial charge < -0.3 is 19.1 Å². The summed E-state index contributed by atoms with van der Waals surface area (Å²) in [5, 5.41) is 0. The number of hydrogen-bond donors (Lipinski definition) is 0. The highest BCUT2D eigenvalue weighted by Gasteiger charge is 2.48. The molecule has 0 amide bonds. The van der Waals surface area contributed by atoms with Gasteiger partial charge in [-0.05, 0) is 50.4 Å². The molecule has 5 heteroatoms. The van der Waals surface area contributed by atoms with E-state index in [2.05, 4.69) is 24.1 Å². The van der Waals surface area contributed by atoms with Crippen LogP contribution in [0.2, 0.25) is 0 Å². The number of carbonyl (C=O) groups excluding carboxylic acids is 1. The topological polar surface area (TPSA) is 48.0 Å². The van der Waals surface area contributed by atoms with Crippen molar-refractivity contribution < 1.29 is 19.0 Å². The van der Waals surface area contributed by atoms with Crippen molar-refractivity contribution in [1.29, 1.82) is 0 Å². The molecular formula is C20H27NO4. The van der Waals surface area contributed by atoms with Crippen molar-refractivity contribution in [3.63, 3.8) is 0 Å². The van der Waals surface area contributed by atoms with Crippen LogP contribution in [0.15, 0.2) is 35.8 Å². The van der Waals surface area contributed by atoms with Crippen molar-refractivity contribution in [2.75, 3.05) is 20.7 Å². The van der Waals surface area contributed by atoms with Crippen LogP contribution >= 0.6 is 0 Å². The number of nitrogens with zero attached hydrogens (tertiary/aromatic N) is 1. The molecule has 6 bridgehead atoms. The summed E-state index contributed by atoms with van der Waals surface area (Å²) in [4.78, 5) is 14.1. The zero-order valence-corrected chi connectivity index (χ0v) is 15.2. The second-order valence-corrected chi connectivity index (χ2v) is 7.67. The lowest BCUT2D eigenvalue weighted by molar-refractivity contribution is -0.155. The lowest BCUT2D eigenvalue weighted by Crippen LogP contribution is -2.54. The van der Waals surface area contributed by atoms with Crippen LogP contribution < -0.4 is 0 Å². The Labute approximate surface area is 149 Å². The lowest BCUT2D eigenvalue weighted by Gasteiger charge is -2.48. The maximum absolute atomic E-state index is 11.6. The van der Waals surface area contributed by atoms with Crippen LogP contribution in [0.4, 0.5) is 0 Å². The Balaban J connectivity index is 1.75. The van der Waals surface area contributed by atoms with Gasteiger partial charge in [0.25, 0.3) is 0 Å². The maximum Gasteiger partial charge on any atom is 0.303 e. The van der Waals surface area contributed by atoms with Crippen molar-refractivity contribution in [3.8, 4) is 0 Å². The fourth-order valence-electron chi connectivity index (χ4n) is 4.97. The molecule has 136 valence electrons. The van der Waals surface area contributed by atoms with E-state index in [9.17, 15) is 4.79 Å². The minimum atomic E-state index is -0.323. The predicted molar refractivity (Wildman–Crippen MR) is 93.5 cm³/mol. The van der Waals surface area contributed by atoms with E-state index in [0.717, 1.165) is 37.3 Å². The Bertz CT molecular complexity index is 638. The van der Waals surface area contributed by atoms with Crippen LogP contribution in [0.5, 0.6) is 0 Å². The van der Waals surface area contributed by atoms with Crippen LogP contribution in [-0.4, -0.2) is 49.8 Å². The number of ether oxygens (including phenoxy) is 3. The molecule has 0 aromatic heterocycles. The molecule has 25 heavy (non-hydrogen) atoms. The summed E-state index contributed by atoms with van der Waals surface area (Å²) in [7, 11) is 3.91. The maximum atomic E-state index is 11.6. The first-order valence-corrected chi connectivity index (χ1v) is 9.24. The molecule has 4 aliphatic rings. The van der Waals surface area contributed by atoms with Crippen molar-refractivity contribution in [2.45, 2.75) is 44.4 Å². The molecule has 2 saturated heterocycles. The zero-order chi connectivity index (χ0) is 17.6. The average Bonchev–Trinajstić information content (AvgIpc) is 2.60. The summed E-state index contributed by atoms with van der Waals surface area (Å²) in [5.74, 6) is 2.70. The van der Waals surface area contributed by atoms with Crippen molar-refractivity contribution in [2.24, 2.45) is 17.8 Å². The van der Waals surface area contributed by atoms with E-state index in [1.165, 1.54) is 6.92 Å². The normalized spacial score (nSPS) is 39.8. The first kappa shape index (κ1) is 16.7. The first-order valence-electron chi connectivity index (χ1n) is 9.24. The Morgan fingerprint density at radius 1 is 1.32 bits per heavy atom. The largest absolute Gasteiger partial charge is 0.493 e. The van der Waals surface area contributed by atoms with Gasteiger partial charge in [0, 0.05) is 25.3 Å². The second-order valence-electron chi connectivity index (χ2n) is 7.67. The van der Waals surface area contributed by atoms with Crippen LogP contribution in [0, 0.1) is 17.8 Å². The summed E-state index contributed by atoms with van der Waals surface area (Å²) in [6, 6.07) is 0.498.